The minimum absolute atomic E-state index is 0.0373. The molecule has 0 radical (unpaired) electrons. The van der Waals surface area contributed by atoms with Gasteiger partial charge in [0.15, 0.2) is 0 Å². The molecule has 2 rings (SSSR count). The predicted octanol–water partition coefficient (Wildman–Crippen LogP) is -0.161. The number of ether oxygens (including phenoxy) is 1. The van der Waals surface area contributed by atoms with Gasteiger partial charge in [-0.1, -0.05) is 0 Å². The molecule has 1 saturated heterocycles. The van der Waals surface area contributed by atoms with E-state index in [0.29, 0.717) is 44.4 Å². The normalized spacial score (nSPS) is 15.5. The van der Waals surface area contributed by atoms with Crippen molar-refractivity contribution in [1.82, 2.24) is 19.9 Å². The second kappa shape index (κ2) is 7.59. The first kappa shape index (κ1) is 16.0. The van der Waals surface area contributed by atoms with E-state index >= 15 is 0 Å². The highest BCUT2D eigenvalue weighted by atomic mass is 16.5. The number of nitrogens with zero attached hydrogens (tertiary/aromatic N) is 4. The van der Waals surface area contributed by atoms with Crippen molar-refractivity contribution in [2.75, 3.05) is 44.0 Å². The zero-order valence-corrected chi connectivity index (χ0v) is 12.3. The number of anilines is 2. The number of hydrogen-bond acceptors (Lipinski definition) is 8. The molecule has 0 aliphatic carbocycles. The van der Waals surface area contributed by atoms with E-state index in [1.54, 1.807) is 0 Å². The Morgan fingerprint density at radius 3 is 2.59 bits per heavy atom. The summed E-state index contributed by atoms with van der Waals surface area (Å²) in [4.78, 5) is 24.6. The molecule has 1 fully saturated rings. The standard InChI is InChI=1S/C12H20N6O4/c1-22-11-16-9(13-4-7-19)15-10(17-11)14-8-2-5-18(6-3-8)12(20)21/h8,19H,2-7H2,1H3,(H,20,21)(H2,13,14,15,16,17). The number of amides is 1. The molecule has 122 valence electrons. The van der Waals surface area contributed by atoms with Gasteiger partial charge in [0, 0.05) is 25.7 Å². The third kappa shape index (κ3) is 4.32. The number of carbonyl (C=O) groups is 1. The molecule has 0 atom stereocenters. The Labute approximate surface area is 127 Å². The fourth-order valence-electron chi connectivity index (χ4n) is 2.16. The summed E-state index contributed by atoms with van der Waals surface area (Å²) in [5.41, 5.74) is 0. The quantitative estimate of drug-likeness (QED) is 0.565. The van der Waals surface area contributed by atoms with Gasteiger partial charge in [0.25, 0.3) is 0 Å². The van der Waals surface area contributed by atoms with Crippen LogP contribution in [0, 0.1) is 0 Å². The minimum atomic E-state index is -0.893. The number of methoxy groups -OCH3 is 1. The Bertz CT molecular complexity index is 506. The molecule has 0 aromatic carbocycles. The lowest BCUT2D eigenvalue weighted by atomic mass is 10.1. The predicted molar refractivity (Wildman–Crippen MR) is 78.2 cm³/mol. The number of rotatable bonds is 6. The van der Waals surface area contributed by atoms with E-state index in [-0.39, 0.29) is 18.7 Å². The molecule has 0 bridgehead atoms. The summed E-state index contributed by atoms with van der Waals surface area (Å²) in [5, 5.41) is 23.8. The number of aliphatic hydroxyl groups is 1. The topological polar surface area (TPSA) is 133 Å². The Morgan fingerprint density at radius 1 is 1.32 bits per heavy atom. The van der Waals surface area contributed by atoms with Gasteiger partial charge in [-0.3, -0.25) is 0 Å². The molecule has 1 aromatic rings. The van der Waals surface area contributed by atoms with Crippen LogP contribution in [0.25, 0.3) is 0 Å². The maximum atomic E-state index is 10.9. The third-order valence-electron chi connectivity index (χ3n) is 3.29. The molecule has 1 aliphatic rings. The van der Waals surface area contributed by atoms with Crippen LogP contribution >= 0.6 is 0 Å². The Morgan fingerprint density at radius 2 is 2.00 bits per heavy atom. The molecule has 0 saturated carbocycles. The van der Waals surface area contributed by atoms with Crippen LogP contribution in [0.5, 0.6) is 6.01 Å². The molecule has 1 aliphatic heterocycles. The maximum absolute atomic E-state index is 10.9. The Kier molecular flexibility index (Phi) is 5.53. The van der Waals surface area contributed by atoms with Gasteiger partial charge in [0.2, 0.25) is 11.9 Å². The number of aliphatic hydroxyl groups excluding tert-OH is 1. The maximum Gasteiger partial charge on any atom is 0.407 e. The fourth-order valence-corrected chi connectivity index (χ4v) is 2.16. The van der Waals surface area contributed by atoms with E-state index in [4.69, 9.17) is 14.9 Å². The number of aromatic nitrogens is 3. The average Bonchev–Trinajstić information content (AvgIpc) is 2.53. The van der Waals surface area contributed by atoms with Gasteiger partial charge in [-0.2, -0.15) is 15.0 Å². The van der Waals surface area contributed by atoms with Crippen LogP contribution in [-0.4, -0.2) is 75.6 Å². The van der Waals surface area contributed by atoms with Crippen LogP contribution in [-0.2, 0) is 0 Å². The summed E-state index contributed by atoms with van der Waals surface area (Å²) >= 11 is 0. The average molecular weight is 312 g/mol. The smallest absolute Gasteiger partial charge is 0.407 e. The first-order chi connectivity index (χ1) is 10.6. The molecular weight excluding hydrogens is 292 g/mol. The van der Waals surface area contributed by atoms with Gasteiger partial charge >= 0.3 is 12.1 Å². The van der Waals surface area contributed by atoms with E-state index in [1.807, 2.05) is 0 Å². The van der Waals surface area contributed by atoms with Gasteiger partial charge in [-0.05, 0) is 12.8 Å². The van der Waals surface area contributed by atoms with Crippen molar-refractivity contribution in [2.45, 2.75) is 18.9 Å². The summed E-state index contributed by atoms with van der Waals surface area (Å²) in [6.45, 7) is 1.24. The number of likely N-dealkylation sites (tertiary alicyclic amines) is 1. The van der Waals surface area contributed by atoms with E-state index < -0.39 is 6.09 Å². The lowest BCUT2D eigenvalue weighted by Crippen LogP contribution is -2.41. The number of piperidine rings is 1. The molecule has 10 heteroatoms. The monoisotopic (exact) mass is 312 g/mol. The number of nitrogens with one attached hydrogen (secondary N) is 2. The Balaban J connectivity index is 1.98. The number of hydrogen-bond donors (Lipinski definition) is 4. The first-order valence-electron chi connectivity index (χ1n) is 7.01. The highest BCUT2D eigenvalue weighted by Gasteiger charge is 2.23. The van der Waals surface area contributed by atoms with Crippen LogP contribution in [0.3, 0.4) is 0 Å². The van der Waals surface area contributed by atoms with Crippen molar-refractivity contribution in [1.29, 1.82) is 0 Å². The molecule has 1 amide bonds. The van der Waals surface area contributed by atoms with Crippen molar-refractivity contribution < 1.29 is 19.7 Å². The van der Waals surface area contributed by atoms with Gasteiger partial charge in [0.1, 0.15) is 0 Å². The molecule has 1 aromatic heterocycles. The van der Waals surface area contributed by atoms with Crippen molar-refractivity contribution in [3.05, 3.63) is 0 Å². The lowest BCUT2D eigenvalue weighted by molar-refractivity contribution is 0.133. The second-order valence-corrected chi connectivity index (χ2v) is 4.81. The van der Waals surface area contributed by atoms with E-state index in [1.165, 1.54) is 12.0 Å². The van der Waals surface area contributed by atoms with Gasteiger partial charge < -0.3 is 30.5 Å². The molecule has 0 spiro atoms. The van der Waals surface area contributed by atoms with Crippen LogP contribution < -0.4 is 15.4 Å². The second-order valence-electron chi connectivity index (χ2n) is 4.81. The lowest BCUT2D eigenvalue weighted by Gasteiger charge is -2.30. The molecule has 4 N–H and O–H groups in total. The largest absolute Gasteiger partial charge is 0.467 e. The minimum Gasteiger partial charge on any atom is -0.467 e. The summed E-state index contributed by atoms with van der Waals surface area (Å²) in [6, 6.07) is 0.259. The van der Waals surface area contributed by atoms with Gasteiger partial charge in [-0.15, -0.1) is 0 Å². The van der Waals surface area contributed by atoms with Crippen molar-refractivity contribution in [3.8, 4) is 6.01 Å². The van der Waals surface area contributed by atoms with E-state index in [0.717, 1.165) is 0 Å². The number of carboxylic acid groups (broad SMARTS) is 1. The fraction of sp³-hybridized carbons (Fsp3) is 0.667. The SMILES string of the molecule is COc1nc(NCCO)nc(NC2CCN(C(=O)O)CC2)n1. The van der Waals surface area contributed by atoms with Gasteiger partial charge in [-0.25, -0.2) is 4.79 Å². The van der Waals surface area contributed by atoms with Crippen LogP contribution in [0.4, 0.5) is 16.7 Å². The first-order valence-corrected chi connectivity index (χ1v) is 7.01. The summed E-state index contributed by atoms with van der Waals surface area (Å²) < 4.78 is 5.02. The van der Waals surface area contributed by atoms with Gasteiger partial charge in [0.05, 0.1) is 13.7 Å². The summed E-state index contributed by atoms with van der Waals surface area (Å²) in [6.07, 6.45) is 0.468. The molecular formula is C12H20N6O4. The van der Waals surface area contributed by atoms with Crippen molar-refractivity contribution in [2.24, 2.45) is 0 Å². The van der Waals surface area contributed by atoms with E-state index in [9.17, 15) is 4.79 Å². The highest BCUT2D eigenvalue weighted by molar-refractivity contribution is 5.65. The van der Waals surface area contributed by atoms with E-state index in [2.05, 4.69) is 25.6 Å². The molecule has 10 nitrogen and oxygen atoms in total. The highest BCUT2D eigenvalue weighted by Crippen LogP contribution is 2.16. The van der Waals surface area contributed by atoms with Crippen LogP contribution in [0.1, 0.15) is 12.8 Å². The zero-order chi connectivity index (χ0) is 15.9. The van der Waals surface area contributed by atoms with Crippen molar-refractivity contribution in [3.63, 3.8) is 0 Å². The summed E-state index contributed by atoms with van der Waals surface area (Å²) in [7, 11) is 1.46. The van der Waals surface area contributed by atoms with Crippen molar-refractivity contribution >= 4 is 18.0 Å². The third-order valence-corrected chi connectivity index (χ3v) is 3.29. The Hall–Kier alpha value is -2.36. The summed E-state index contributed by atoms with van der Waals surface area (Å²) in [5.74, 6) is 0.674. The van der Waals surface area contributed by atoms with Crippen LogP contribution in [0.2, 0.25) is 0 Å². The van der Waals surface area contributed by atoms with Crippen LogP contribution in [0.15, 0.2) is 0 Å². The zero-order valence-electron chi connectivity index (χ0n) is 12.3. The molecule has 2 heterocycles. The molecule has 22 heavy (non-hydrogen) atoms. The molecule has 0 unspecified atom stereocenters.